The van der Waals surface area contributed by atoms with Gasteiger partial charge in [-0.3, -0.25) is 14.3 Å². The Bertz CT molecular complexity index is 1110. The summed E-state index contributed by atoms with van der Waals surface area (Å²) in [5.41, 5.74) is 2.09. The molecule has 0 saturated carbocycles. The summed E-state index contributed by atoms with van der Waals surface area (Å²) in [6.45, 7) is 6.45. The van der Waals surface area contributed by atoms with Crippen LogP contribution in [0.5, 0.6) is 0 Å². The molecular weight excluding hydrogens is 424 g/mol. The zero-order chi connectivity index (χ0) is 22.1. The fourth-order valence-electron chi connectivity index (χ4n) is 2.97. The molecule has 1 aliphatic heterocycles. The predicted octanol–water partition coefficient (Wildman–Crippen LogP) is 2.97. The molecule has 3 rings (SSSR count). The van der Waals surface area contributed by atoms with Gasteiger partial charge in [-0.15, -0.1) is 5.10 Å². The van der Waals surface area contributed by atoms with E-state index < -0.39 is 14.9 Å². The maximum absolute atomic E-state index is 12.6. The van der Waals surface area contributed by atoms with E-state index in [1.165, 1.54) is 30.6 Å². The van der Waals surface area contributed by atoms with Crippen LogP contribution in [0.25, 0.3) is 0 Å². The third-order valence-electron chi connectivity index (χ3n) is 4.48. The Morgan fingerprint density at radius 2 is 1.63 bits per heavy atom. The molecule has 1 unspecified atom stereocenters. The van der Waals surface area contributed by atoms with Crippen molar-refractivity contribution in [1.29, 1.82) is 0 Å². The Hall–Kier alpha value is -2.85. The molecule has 1 atom stereocenters. The maximum atomic E-state index is 12.6. The number of anilines is 1. The second-order valence-corrected chi connectivity index (χ2v) is 10.1. The molecule has 2 amide bonds. The Morgan fingerprint density at radius 3 is 2.17 bits per heavy atom. The van der Waals surface area contributed by atoms with Crippen LogP contribution in [0.4, 0.5) is 5.69 Å². The SMILES string of the molecule is CC(=O)NC1=NN(C(C)=O)C(C)(c2ccc(NS(=O)(=O)c3ccc(C)cc3)cc2)S1. The molecule has 2 N–H and O–H groups in total. The molecule has 10 heteroatoms. The van der Waals surface area contributed by atoms with Gasteiger partial charge in [-0.05, 0) is 43.7 Å². The molecule has 158 valence electrons. The van der Waals surface area contributed by atoms with Crippen molar-refractivity contribution in [3.05, 3.63) is 59.7 Å². The van der Waals surface area contributed by atoms with Crippen molar-refractivity contribution in [3.63, 3.8) is 0 Å². The van der Waals surface area contributed by atoms with Gasteiger partial charge < -0.3 is 5.32 Å². The average Bonchev–Trinajstić information content (AvgIpc) is 2.99. The lowest BCUT2D eigenvalue weighted by atomic mass is 10.1. The van der Waals surface area contributed by atoms with Crippen molar-refractivity contribution < 1.29 is 18.0 Å². The number of carbonyl (C=O) groups excluding carboxylic acids is 2. The lowest BCUT2D eigenvalue weighted by Gasteiger charge is -2.31. The van der Waals surface area contributed by atoms with Gasteiger partial charge in [-0.1, -0.05) is 41.6 Å². The van der Waals surface area contributed by atoms with E-state index in [1.807, 2.05) is 13.8 Å². The molecule has 0 saturated heterocycles. The van der Waals surface area contributed by atoms with Gasteiger partial charge in [0.05, 0.1) is 4.90 Å². The zero-order valence-electron chi connectivity index (χ0n) is 17.0. The third-order valence-corrected chi connectivity index (χ3v) is 7.06. The van der Waals surface area contributed by atoms with Crippen molar-refractivity contribution >= 4 is 44.5 Å². The fourth-order valence-corrected chi connectivity index (χ4v) is 5.23. The number of carbonyl (C=O) groups is 2. The highest BCUT2D eigenvalue weighted by Gasteiger charge is 2.43. The van der Waals surface area contributed by atoms with Crippen molar-refractivity contribution in [2.45, 2.75) is 37.5 Å². The number of thioether (sulfide) groups is 1. The number of nitrogens with zero attached hydrogens (tertiary/aromatic N) is 2. The molecule has 0 aliphatic carbocycles. The number of hydrazone groups is 1. The molecule has 0 aromatic heterocycles. The molecule has 8 nitrogen and oxygen atoms in total. The minimum Gasteiger partial charge on any atom is -0.304 e. The van der Waals surface area contributed by atoms with Crippen molar-refractivity contribution in [2.75, 3.05) is 4.72 Å². The van der Waals surface area contributed by atoms with E-state index in [9.17, 15) is 18.0 Å². The second kappa shape index (κ2) is 8.11. The van der Waals surface area contributed by atoms with Gasteiger partial charge in [0.1, 0.15) is 4.87 Å². The number of aryl methyl sites for hydroxylation is 1. The van der Waals surface area contributed by atoms with Gasteiger partial charge in [0.2, 0.25) is 11.8 Å². The van der Waals surface area contributed by atoms with Gasteiger partial charge >= 0.3 is 0 Å². The third kappa shape index (κ3) is 4.49. The van der Waals surface area contributed by atoms with Crippen LogP contribution >= 0.6 is 11.8 Å². The zero-order valence-corrected chi connectivity index (χ0v) is 18.6. The molecular formula is C20H22N4O4S2. The van der Waals surface area contributed by atoms with E-state index in [1.54, 1.807) is 48.5 Å². The quantitative estimate of drug-likeness (QED) is 0.751. The van der Waals surface area contributed by atoms with Crippen LogP contribution in [0.15, 0.2) is 58.5 Å². The Kier molecular flexibility index (Phi) is 5.91. The van der Waals surface area contributed by atoms with E-state index in [4.69, 9.17) is 0 Å². The second-order valence-electron chi connectivity index (χ2n) is 7.00. The molecule has 2 aromatic carbocycles. The molecule has 2 aromatic rings. The van der Waals surface area contributed by atoms with Crippen molar-refractivity contribution in [1.82, 2.24) is 10.3 Å². The number of amides is 2. The van der Waals surface area contributed by atoms with E-state index >= 15 is 0 Å². The Morgan fingerprint density at radius 1 is 1.03 bits per heavy atom. The van der Waals surface area contributed by atoms with Gasteiger partial charge in [-0.2, -0.15) is 0 Å². The van der Waals surface area contributed by atoms with Crippen LogP contribution in [0, 0.1) is 6.92 Å². The number of sulfonamides is 1. The topological polar surface area (TPSA) is 108 Å². The first-order valence-corrected chi connectivity index (χ1v) is 11.4. The molecule has 0 radical (unpaired) electrons. The first-order chi connectivity index (χ1) is 14.0. The Balaban J connectivity index is 1.83. The summed E-state index contributed by atoms with van der Waals surface area (Å²) in [7, 11) is -3.71. The highest BCUT2D eigenvalue weighted by molar-refractivity contribution is 8.14. The molecule has 30 heavy (non-hydrogen) atoms. The number of benzene rings is 2. The smallest absolute Gasteiger partial charge is 0.261 e. The van der Waals surface area contributed by atoms with Crippen LogP contribution in [-0.2, 0) is 24.5 Å². The normalized spacial score (nSPS) is 18.7. The minimum absolute atomic E-state index is 0.173. The highest BCUT2D eigenvalue weighted by atomic mass is 32.2. The van der Waals surface area contributed by atoms with E-state index in [2.05, 4.69) is 15.1 Å². The van der Waals surface area contributed by atoms with E-state index in [0.29, 0.717) is 10.9 Å². The van der Waals surface area contributed by atoms with Crippen molar-refractivity contribution in [3.8, 4) is 0 Å². The van der Waals surface area contributed by atoms with Crippen molar-refractivity contribution in [2.24, 2.45) is 5.10 Å². The largest absolute Gasteiger partial charge is 0.304 e. The summed E-state index contributed by atoms with van der Waals surface area (Å²) >= 11 is 1.23. The summed E-state index contributed by atoms with van der Waals surface area (Å²) in [5.74, 6) is -0.565. The lowest BCUT2D eigenvalue weighted by molar-refractivity contribution is -0.131. The summed E-state index contributed by atoms with van der Waals surface area (Å²) in [6, 6.07) is 13.3. The molecule has 0 bridgehead atoms. The van der Waals surface area contributed by atoms with Gasteiger partial charge in [0.25, 0.3) is 10.0 Å². The van der Waals surface area contributed by atoms with E-state index in [-0.39, 0.29) is 16.7 Å². The predicted molar refractivity (Wildman–Crippen MR) is 117 cm³/mol. The van der Waals surface area contributed by atoms with Gasteiger partial charge in [0, 0.05) is 19.5 Å². The highest BCUT2D eigenvalue weighted by Crippen LogP contribution is 2.45. The molecule has 0 spiro atoms. The van der Waals surface area contributed by atoms with Crippen LogP contribution in [0.1, 0.15) is 31.9 Å². The summed E-state index contributed by atoms with van der Waals surface area (Å²) in [5, 5.41) is 8.43. The number of hydrogen-bond acceptors (Lipinski definition) is 6. The first-order valence-electron chi connectivity index (χ1n) is 9.07. The summed E-state index contributed by atoms with van der Waals surface area (Å²) < 4.78 is 27.7. The summed E-state index contributed by atoms with van der Waals surface area (Å²) in [4.78, 5) is 22.8. The Labute approximate surface area is 179 Å². The monoisotopic (exact) mass is 446 g/mol. The number of rotatable bonds is 4. The van der Waals surface area contributed by atoms with Crippen LogP contribution in [-0.4, -0.2) is 30.4 Å². The fraction of sp³-hybridized carbons (Fsp3) is 0.250. The van der Waals surface area contributed by atoms with Crippen LogP contribution < -0.4 is 10.0 Å². The lowest BCUT2D eigenvalue weighted by Crippen LogP contribution is -2.37. The van der Waals surface area contributed by atoms with Gasteiger partial charge in [-0.25, -0.2) is 13.4 Å². The average molecular weight is 447 g/mol. The first kappa shape index (κ1) is 21.8. The number of hydrogen-bond donors (Lipinski definition) is 2. The molecule has 1 heterocycles. The van der Waals surface area contributed by atoms with Crippen LogP contribution in [0.3, 0.4) is 0 Å². The number of amidine groups is 1. The molecule has 1 aliphatic rings. The van der Waals surface area contributed by atoms with Gasteiger partial charge in [0.15, 0.2) is 5.17 Å². The number of nitrogens with one attached hydrogen (secondary N) is 2. The minimum atomic E-state index is -3.71. The standard InChI is InChI=1S/C20H22N4O4S2/c1-13-5-11-18(12-6-13)30(27,28)23-17-9-7-16(8-10-17)20(4)24(15(3)26)22-19(29-20)21-14(2)25/h5-12,23H,1-4H3,(H,21,22,25). The van der Waals surface area contributed by atoms with E-state index in [0.717, 1.165) is 11.1 Å². The maximum Gasteiger partial charge on any atom is 0.261 e. The van der Waals surface area contributed by atoms with Crippen LogP contribution in [0.2, 0.25) is 0 Å². The summed E-state index contributed by atoms with van der Waals surface area (Å²) in [6.07, 6.45) is 0. The molecule has 0 fully saturated rings.